The molecule has 3 aliphatic rings. The van der Waals surface area contributed by atoms with E-state index in [1.54, 1.807) is 24.2 Å². The highest BCUT2D eigenvalue weighted by atomic mass is 16.2. The summed E-state index contributed by atoms with van der Waals surface area (Å²) in [4.78, 5) is 62.6. The van der Waals surface area contributed by atoms with E-state index in [0.29, 0.717) is 49.7 Å². The van der Waals surface area contributed by atoms with Crippen LogP contribution in [0.1, 0.15) is 30.7 Å². The van der Waals surface area contributed by atoms with Crippen LogP contribution in [0, 0.1) is 18.8 Å². The first-order valence-electron chi connectivity index (χ1n) is 11.3. The van der Waals surface area contributed by atoms with E-state index < -0.39 is 0 Å². The maximum absolute atomic E-state index is 13.2. The molecule has 2 bridgehead atoms. The Labute approximate surface area is 190 Å². The number of aromatic nitrogens is 4. The molecule has 174 valence electrons. The maximum atomic E-state index is 13.2. The molecule has 2 aromatic heterocycles. The molecule has 3 fully saturated rings. The van der Waals surface area contributed by atoms with Crippen molar-refractivity contribution in [2.24, 2.45) is 11.8 Å². The second kappa shape index (κ2) is 8.45. The van der Waals surface area contributed by atoms with E-state index in [4.69, 9.17) is 0 Å². The van der Waals surface area contributed by atoms with Gasteiger partial charge in [-0.05, 0) is 25.7 Å². The number of hydrogen-bond acceptors (Lipinski definition) is 6. The van der Waals surface area contributed by atoms with E-state index in [1.165, 1.54) is 6.20 Å². The SMILES string of the molecule is Cc1ncc(CCC(=O)N2CC3CC2CN(C(=O)C2CC(=O)N(c4cn[nH]c4)C2)C3)c(=O)[nH]1. The fourth-order valence-electron chi connectivity index (χ4n) is 5.29. The lowest BCUT2D eigenvalue weighted by molar-refractivity contribution is -0.139. The lowest BCUT2D eigenvalue weighted by atomic mass is 9.97. The van der Waals surface area contributed by atoms with Crippen molar-refractivity contribution in [2.45, 2.75) is 38.6 Å². The largest absolute Gasteiger partial charge is 0.340 e. The number of hydrogen-bond donors (Lipinski definition) is 2. The first kappa shape index (κ1) is 21.4. The zero-order valence-corrected chi connectivity index (χ0v) is 18.5. The minimum atomic E-state index is -0.380. The van der Waals surface area contributed by atoms with Crippen LogP contribution in [0.5, 0.6) is 0 Å². The third-order valence-electron chi connectivity index (χ3n) is 6.92. The summed E-state index contributed by atoms with van der Waals surface area (Å²) < 4.78 is 0. The third-order valence-corrected chi connectivity index (χ3v) is 6.92. The van der Waals surface area contributed by atoms with Crippen LogP contribution in [0.2, 0.25) is 0 Å². The van der Waals surface area contributed by atoms with Crippen molar-refractivity contribution in [1.82, 2.24) is 30.0 Å². The Balaban J connectivity index is 1.19. The summed E-state index contributed by atoms with van der Waals surface area (Å²) >= 11 is 0. The number of likely N-dealkylation sites (tertiary alicyclic amines) is 2. The summed E-state index contributed by atoms with van der Waals surface area (Å²) in [6.45, 7) is 3.79. The molecule has 0 spiro atoms. The molecular formula is C22H27N7O4. The number of aryl methyl sites for hydroxylation is 2. The van der Waals surface area contributed by atoms with Gasteiger partial charge in [0.2, 0.25) is 17.7 Å². The van der Waals surface area contributed by atoms with Gasteiger partial charge in [-0.25, -0.2) is 4.98 Å². The summed E-state index contributed by atoms with van der Waals surface area (Å²) in [5, 5.41) is 6.58. The summed E-state index contributed by atoms with van der Waals surface area (Å²) in [6, 6.07) is -0.0169. The smallest absolute Gasteiger partial charge is 0.254 e. The number of aromatic amines is 2. The number of nitrogens with one attached hydrogen (secondary N) is 2. The predicted molar refractivity (Wildman–Crippen MR) is 117 cm³/mol. The molecule has 11 nitrogen and oxygen atoms in total. The van der Waals surface area contributed by atoms with Gasteiger partial charge in [-0.1, -0.05) is 0 Å². The molecule has 3 saturated heterocycles. The Bertz CT molecular complexity index is 1130. The van der Waals surface area contributed by atoms with Gasteiger partial charge in [-0.2, -0.15) is 5.10 Å². The minimum Gasteiger partial charge on any atom is -0.340 e. The molecule has 3 atom stereocenters. The van der Waals surface area contributed by atoms with E-state index in [-0.39, 0.29) is 54.0 Å². The van der Waals surface area contributed by atoms with Gasteiger partial charge < -0.3 is 19.7 Å². The van der Waals surface area contributed by atoms with Crippen molar-refractivity contribution >= 4 is 23.4 Å². The lowest BCUT2D eigenvalue weighted by Crippen LogP contribution is -2.48. The summed E-state index contributed by atoms with van der Waals surface area (Å²) in [5.74, 6) is 0.310. The van der Waals surface area contributed by atoms with E-state index in [2.05, 4.69) is 20.2 Å². The molecule has 0 aliphatic carbocycles. The normalized spacial score (nSPS) is 24.6. The predicted octanol–water partition coefficient (Wildman–Crippen LogP) is -0.154. The molecule has 0 aromatic carbocycles. The fraction of sp³-hybridized carbons (Fsp3) is 0.545. The van der Waals surface area contributed by atoms with Gasteiger partial charge in [-0.3, -0.25) is 24.3 Å². The Kier molecular flexibility index (Phi) is 5.47. The number of H-pyrrole nitrogens is 2. The maximum Gasteiger partial charge on any atom is 0.254 e. The van der Waals surface area contributed by atoms with Gasteiger partial charge in [0.1, 0.15) is 5.82 Å². The second-order valence-electron chi connectivity index (χ2n) is 9.23. The number of amides is 3. The van der Waals surface area contributed by atoms with Crippen LogP contribution in [-0.4, -0.2) is 79.9 Å². The average molecular weight is 454 g/mol. The number of piperidine rings is 1. The molecule has 33 heavy (non-hydrogen) atoms. The Morgan fingerprint density at radius 2 is 2.00 bits per heavy atom. The van der Waals surface area contributed by atoms with Gasteiger partial charge in [0.15, 0.2) is 0 Å². The van der Waals surface area contributed by atoms with E-state index >= 15 is 0 Å². The van der Waals surface area contributed by atoms with Gasteiger partial charge in [0, 0.05) is 63.0 Å². The van der Waals surface area contributed by atoms with Gasteiger partial charge in [0.25, 0.3) is 5.56 Å². The molecule has 3 unspecified atom stereocenters. The highest BCUT2D eigenvalue weighted by Crippen LogP contribution is 2.33. The number of fused-ring (bicyclic) bond motifs is 2. The topological polar surface area (TPSA) is 135 Å². The van der Waals surface area contributed by atoms with Crippen molar-refractivity contribution in [1.29, 1.82) is 0 Å². The zero-order valence-electron chi connectivity index (χ0n) is 18.5. The zero-order chi connectivity index (χ0) is 23.1. The lowest BCUT2D eigenvalue weighted by Gasteiger charge is -2.34. The molecule has 5 heterocycles. The van der Waals surface area contributed by atoms with Crippen molar-refractivity contribution < 1.29 is 14.4 Å². The van der Waals surface area contributed by atoms with Crippen molar-refractivity contribution in [3.63, 3.8) is 0 Å². The molecule has 3 amide bonds. The van der Waals surface area contributed by atoms with Crippen LogP contribution in [0.4, 0.5) is 5.69 Å². The van der Waals surface area contributed by atoms with Gasteiger partial charge >= 0.3 is 0 Å². The van der Waals surface area contributed by atoms with Crippen LogP contribution in [0.25, 0.3) is 0 Å². The highest BCUT2D eigenvalue weighted by molar-refractivity contribution is 6.00. The third kappa shape index (κ3) is 4.14. The second-order valence-corrected chi connectivity index (χ2v) is 9.23. The fourth-order valence-corrected chi connectivity index (χ4v) is 5.29. The molecule has 0 saturated carbocycles. The molecule has 0 radical (unpaired) electrons. The average Bonchev–Trinajstić information content (AvgIpc) is 3.51. The first-order valence-corrected chi connectivity index (χ1v) is 11.3. The van der Waals surface area contributed by atoms with Crippen LogP contribution < -0.4 is 10.5 Å². The van der Waals surface area contributed by atoms with Crippen molar-refractivity contribution in [2.75, 3.05) is 31.1 Å². The van der Waals surface area contributed by atoms with Crippen LogP contribution in [0.3, 0.4) is 0 Å². The van der Waals surface area contributed by atoms with Crippen molar-refractivity contribution in [3.8, 4) is 0 Å². The number of carbonyl (C=O) groups is 3. The number of rotatable bonds is 5. The minimum absolute atomic E-state index is 0.000971. The monoisotopic (exact) mass is 453 g/mol. The Morgan fingerprint density at radius 1 is 1.15 bits per heavy atom. The summed E-state index contributed by atoms with van der Waals surface area (Å²) in [5.41, 5.74) is 0.970. The molecule has 2 aromatic rings. The van der Waals surface area contributed by atoms with Crippen LogP contribution in [0.15, 0.2) is 23.4 Å². The van der Waals surface area contributed by atoms with Gasteiger partial charge in [0.05, 0.1) is 17.8 Å². The van der Waals surface area contributed by atoms with E-state index in [0.717, 1.165) is 6.42 Å². The molecule has 2 N–H and O–H groups in total. The van der Waals surface area contributed by atoms with E-state index in [1.807, 2.05) is 9.80 Å². The van der Waals surface area contributed by atoms with Gasteiger partial charge in [-0.15, -0.1) is 0 Å². The molecule has 5 rings (SSSR count). The quantitative estimate of drug-likeness (QED) is 0.646. The highest BCUT2D eigenvalue weighted by Gasteiger charge is 2.45. The number of nitrogens with zero attached hydrogens (tertiary/aromatic N) is 5. The van der Waals surface area contributed by atoms with Crippen LogP contribution >= 0.6 is 0 Å². The number of carbonyl (C=O) groups excluding carboxylic acids is 3. The number of anilines is 1. The summed E-state index contributed by atoms with van der Waals surface area (Å²) in [7, 11) is 0. The Hall–Kier alpha value is -3.50. The molecule has 11 heteroatoms. The molecule has 3 aliphatic heterocycles. The molecular weight excluding hydrogens is 426 g/mol. The van der Waals surface area contributed by atoms with E-state index in [9.17, 15) is 19.2 Å². The van der Waals surface area contributed by atoms with Crippen LogP contribution in [-0.2, 0) is 20.8 Å². The first-order chi connectivity index (χ1) is 15.9. The standard InChI is InChI=1S/C22H27N7O4/c1-13-23-6-15(21(32)26-13)2-3-19(30)28-10-14-4-17(28)12-27(9-14)22(33)16-5-20(31)29(11-16)18-7-24-25-8-18/h6-8,14,16-17H,2-5,9-12H2,1H3,(H,24,25)(H,23,26,32). The summed E-state index contributed by atoms with van der Waals surface area (Å²) in [6.07, 6.45) is 6.41. The Morgan fingerprint density at radius 3 is 2.76 bits per heavy atom. The van der Waals surface area contributed by atoms with Crippen molar-refractivity contribution in [3.05, 3.63) is 40.3 Å².